The maximum absolute atomic E-state index is 12.5. The Morgan fingerprint density at radius 3 is 2.50 bits per heavy atom. The molecule has 2 aromatic rings. The van der Waals surface area contributed by atoms with Crippen LogP contribution in [0.15, 0.2) is 54.6 Å². The van der Waals surface area contributed by atoms with Crippen LogP contribution < -0.4 is 10.6 Å². The summed E-state index contributed by atoms with van der Waals surface area (Å²) in [5.41, 5.74) is 2.24. The SMILES string of the molecule is CCNC(=O)c1cccc(NC(=O)C(CS)Cc2ccccc2)c1. The van der Waals surface area contributed by atoms with Crippen LogP contribution in [0.1, 0.15) is 22.8 Å². The largest absolute Gasteiger partial charge is 0.352 e. The monoisotopic (exact) mass is 342 g/mol. The summed E-state index contributed by atoms with van der Waals surface area (Å²) >= 11 is 4.31. The van der Waals surface area contributed by atoms with E-state index in [0.717, 1.165) is 5.56 Å². The molecule has 2 amide bonds. The molecule has 0 saturated heterocycles. The van der Waals surface area contributed by atoms with Gasteiger partial charge >= 0.3 is 0 Å². The molecule has 1 unspecified atom stereocenters. The van der Waals surface area contributed by atoms with Gasteiger partial charge < -0.3 is 10.6 Å². The molecule has 2 N–H and O–H groups in total. The van der Waals surface area contributed by atoms with Gasteiger partial charge in [-0.2, -0.15) is 12.6 Å². The van der Waals surface area contributed by atoms with Crippen molar-refractivity contribution in [2.24, 2.45) is 5.92 Å². The minimum atomic E-state index is -0.233. The molecule has 0 aromatic heterocycles. The highest BCUT2D eigenvalue weighted by Gasteiger charge is 2.18. The minimum absolute atomic E-state index is 0.0955. The van der Waals surface area contributed by atoms with Crippen molar-refractivity contribution in [2.45, 2.75) is 13.3 Å². The maximum atomic E-state index is 12.5. The summed E-state index contributed by atoms with van der Waals surface area (Å²) < 4.78 is 0. The van der Waals surface area contributed by atoms with Crippen molar-refractivity contribution >= 4 is 30.1 Å². The van der Waals surface area contributed by atoms with Gasteiger partial charge in [-0.15, -0.1) is 0 Å². The molecule has 2 rings (SSSR count). The lowest BCUT2D eigenvalue weighted by Crippen LogP contribution is -2.26. The van der Waals surface area contributed by atoms with E-state index < -0.39 is 0 Å². The fourth-order valence-corrected chi connectivity index (χ4v) is 2.68. The molecule has 0 radical (unpaired) electrons. The number of carbonyl (C=O) groups is 2. The molecule has 0 aliphatic rings. The smallest absolute Gasteiger partial charge is 0.251 e. The van der Waals surface area contributed by atoms with Crippen molar-refractivity contribution in [2.75, 3.05) is 17.6 Å². The summed E-state index contributed by atoms with van der Waals surface area (Å²) in [6.07, 6.45) is 0.631. The number of rotatable bonds is 7. The molecule has 0 bridgehead atoms. The van der Waals surface area contributed by atoms with E-state index >= 15 is 0 Å². The molecule has 1 atom stereocenters. The predicted molar refractivity (Wildman–Crippen MR) is 101 cm³/mol. The van der Waals surface area contributed by atoms with E-state index in [1.165, 1.54) is 0 Å². The Bertz CT molecular complexity index is 689. The lowest BCUT2D eigenvalue weighted by Gasteiger charge is -2.15. The lowest BCUT2D eigenvalue weighted by atomic mass is 10.00. The third-order valence-electron chi connectivity index (χ3n) is 3.65. The third-order valence-corrected chi connectivity index (χ3v) is 4.09. The topological polar surface area (TPSA) is 58.2 Å². The van der Waals surface area contributed by atoms with Crippen LogP contribution in [0.4, 0.5) is 5.69 Å². The molecule has 0 heterocycles. The highest BCUT2D eigenvalue weighted by Crippen LogP contribution is 2.15. The Kier molecular flexibility index (Phi) is 6.88. The molecule has 4 nitrogen and oxygen atoms in total. The van der Waals surface area contributed by atoms with Crippen LogP contribution >= 0.6 is 12.6 Å². The van der Waals surface area contributed by atoms with E-state index in [2.05, 4.69) is 23.3 Å². The Morgan fingerprint density at radius 2 is 1.83 bits per heavy atom. The summed E-state index contributed by atoms with van der Waals surface area (Å²) in [5, 5.41) is 5.63. The van der Waals surface area contributed by atoms with Crippen LogP contribution in [-0.4, -0.2) is 24.1 Å². The Labute approximate surface area is 148 Å². The van der Waals surface area contributed by atoms with Crippen molar-refractivity contribution in [3.63, 3.8) is 0 Å². The average molecular weight is 342 g/mol. The van der Waals surface area contributed by atoms with Crippen LogP contribution in [0.5, 0.6) is 0 Å². The second kappa shape index (κ2) is 9.13. The van der Waals surface area contributed by atoms with Gasteiger partial charge in [0, 0.05) is 23.5 Å². The van der Waals surface area contributed by atoms with E-state index in [1.807, 2.05) is 37.3 Å². The van der Waals surface area contributed by atoms with Crippen molar-refractivity contribution < 1.29 is 9.59 Å². The fraction of sp³-hybridized carbons (Fsp3) is 0.263. The molecule has 0 aliphatic heterocycles. The third kappa shape index (κ3) is 5.13. The molecule has 2 aromatic carbocycles. The number of thiol groups is 1. The van der Waals surface area contributed by atoms with Crippen molar-refractivity contribution in [1.29, 1.82) is 0 Å². The highest BCUT2D eigenvalue weighted by molar-refractivity contribution is 7.80. The first-order chi connectivity index (χ1) is 11.6. The van der Waals surface area contributed by atoms with Gasteiger partial charge in [-0.25, -0.2) is 0 Å². The summed E-state index contributed by atoms with van der Waals surface area (Å²) in [4.78, 5) is 24.4. The Balaban J connectivity index is 2.04. The van der Waals surface area contributed by atoms with E-state index in [0.29, 0.717) is 30.0 Å². The molecule has 0 spiro atoms. The summed E-state index contributed by atoms with van der Waals surface area (Å²) in [6, 6.07) is 16.8. The number of nitrogens with one attached hydrogen (secondary N) is 2. The van der Waals surface area contributed by atoms with Crippen molar-refractivity contribution in [3.8, 4) is 0 Å². The van der Waals surface area contributed by atoms with Gasteiger partial charge in [0.15, 0.2) is 0 Å². The molecular weight excluding hydrogens is 320 g/mol. The summed E-state index contributed by atoms with van der Waals surface area (Å²) in [6.45, 7) is 2.43. The van der Waals surface area contributed by atoms with Crippen LogP contribution in [-0.2, 0) is 11.2 Å². The van der Waals surface area contributed by atoms with Crippen LogP contribution in [0, 0.1) is 5.92 Å². The number of hydrogen-bond acceptors (Lipinski definition) is 3. The van der Waals surface area contributed by atoms with E-state index in [4.69, 9.17) is 0 Å². The zero-order chi connectivity index (χ0) is 17.4. The second-order valence-electron chi connectivity index (χ2n) is 5.50. The number of amides is 2. The van der Waals surface area contributed by atoms with Gasteiger partial charge in [-0.1, -0.05) is 36.4 Å². The lowest BCUT2D eigenvalue weighted by molar-refractivity contribution is -0.119. The zero-order valence-electron chi connectivity index (χ0n) is 13.7. The van der Waals surface area contributed by atoms with Crippen LogP contribution in [0.3, 0.4) is 0 Å². The predicted octanol–water partition coefficient (Wildman–Crippen LogP) is 3.16. The van der Waals surface area contributed by atoms with Gasteiger partial charge in [-0.3, -0.25) is 9.59 Å². The Morgan fingerprint density at radius 1 is 1.08 bits per heavy atom. The first kappa shape index (κ1) is 18.1. The molecule has 126 valence electrons. The molecular formula is C19H22N2O2S. The van der Waals surface area contributed by atoms with Gasteiger partial charge in [-0.05, 0) is 37.1 Å². The summed E-state index contributed by atoms with van der Waals surface area (Å²) in [7, 11) is 0. The van der Waals surface area contributed by atoms with Crippen molar-refractivity contribution in [3.05, 3.63) is 65.7 Å². The number of carbonyl (C=O) groups excluding carboxylic acids is 2. The second-order valence-corrected chi connectivity index (χ2v) is 5.86. The van der Waals surface area contributed by atoms with Gasteiger partial charge in [0.05, 0.1) is 5.92 Å². The number of benzene rings is 2. The highest BCUT2D eigenvalue weighted by atomic mass is 32.1. The Hall–Kier alpha value is -2.27. The quantitative estimate of drug-likeness (QED) is 0.677. The van der Waals surface area contributed by atoms with Crippen LogP contribution in [0.2, 0.25) is 0 Å². The normalized spacial score (nSPS) is 11.6. The van der Waals surface area contributed by atoms with Crippen LogP contribution in [0.25, 0.3) is 0 Å². The van der Waals surface area contributed by atoms with E-state index in [1.54, 1.807) is 24.3 Å². The molecule has 0 fully saturated rings. The van der Waals surface area contributed by atoms with Gasteiger partial charge in [0.25, 0.3) is 5.91 Å². The number of anilines is 1. The van der Waals surface area contributed by atoms with Gasteiger partial charge in [0.1, 0.15) is 0 Å². The zero-order valence-corrected chi connectivity index (χ0v) is 14.6. The first-order valence-electron chi connectivity index (χ1n) is 7.98. The summed E-state index contributed by atoms with van der Waals surface area (Å²) in [5.74, 6) is -0.0223. The first-order valence-corrected chi connectivity index (χ1v) is 8.61. The van der Waals surface area contributed by atoms with E-state index in [-0.39, 0.29) is 17.7 Å². The fourth-order valence-electron chi connectivity index (χ4n) is 2.38. The minimum Gasteiger partial charge on any atom is -0.352 e. The molecule has 24 heavy (non-hydrogen) atoms. The maximum Gasteiger partial charge on any atom is 0.251 e. The van der Waals surface area contributed by atoms with Crippen molar-refractivity contribution in [1.82, 2.24) is 5.32 Å². The molecule has 0 aliphatic carbocycles. The average Bonchev–Trinajstić information content (AvgIpc) is 2.61. The molecule has 0 saturated carbocycles. The van der Waals surface area contributed by atoms with E-state index in [9.17, 15) is 9.59 Å². The van der Waals surface area contributed by atoms with Gasteiger partial charge in [0.2, 0.25) is 5.91 Å². The molecule has 5 heteroatoms. The number of hydrogen-bond donors (Lipinski definition) is 3. The standard InChI is InChI=1S/C19H22N2O2S/c1-2-20-18(22)15-9-6-10-17(12-15)21-19(23)16(13-24)11-14-7-4-3-5-8-14/h3-10,12,16,24H,2,11,13H2,1H3,(H,20,22)(H,21,23).